The minimum Gasteiger partial charge on any atom is -0.489 e. The van der Waals surface area contributed by atoms with Gasteiger partial charge >= 0.3 is 11.6 Å². The number of hydrogen-bond donors (Lipinski definition) is 2. The summed E-state index contributed by atoms with van der Waals surface area (Å²) in [6.07, 6.45) is 0.817. The zero-order chi connectivity index (χ0) is 18.9. The van der Waals surface area contributed by atoms with Gasteiger partial charge in [0.2, 0.25) is 5.75 Å². The topological polar surface area (TPSA) is 115 Å². The van der Waals surface area contributed by atoms with Crippen molar-refractivity contribution in [1.29, 1.82) is 0 Å². The fourth-order valence-electron chi connectivity index (χ4n) is 2.23. The maximum Gasteiger partial charge on any atom is 0.351 e. The molecule has 2 aromatic rings. The Hall–Kier alpha value is -2.58. The highest BCUT2D eigenvalue weighted by Gasteiger charge is 2.19. The predicted molar refractivity (Wildman–Crippen MR) is 92.8 cm³/mol. The molecule has 1 aromatic carbocycles. The zero-order valence-corrected chi connectivity index (χ0v) is 14.5. The van der Waals surface area contributed by atoms with Crippen LogP contribution >= 0.6 is 0 Å². The van der Waals surface area contributed by atoms with Crippen LogP contribution in [0.5, 0.6) is 11.5 Å². The van der Waals surface area contributed by atoms with Crippen molar-refractivity contribution in [3.63, 3.8) is 0 Å². The number of ether oxygens (including phenoxy) is 3. The van der Waals surface area contributed by atoms with E-state index in [1.807, 2.05) is 0 Å². The van der Waals surface area contributed by atoms with E-state index in [2.05, 4.69) is 0 Å². The first-order valence-corrected chi connectivity index (χ1v) is 8.37. The first-order chi connectivity index (χ1) is 12.6. The van der Waals surface area contributed by atoms with Crippen molar-refractivity contribution in [2.24, 2.45) is 0 Å². The summed E-state index contributed by atoms with van der Waals surface area (Å²) in [7, 11) is 0. The third kappa shape index (κ3) is 4.74. The minimum atomic E-state index is -0.838. The third-order valence-corrected chi connectivity index (χ3v) is 3.43. The van der Waals surface area contributed by atoms with Crippen molar-refractivity contribution in [2.75, 3.05) is 33.0 Å². The molecule has 1 aromatic heterocycles. The zero-order valence-electron chi connectivity index (χ0n) is 14.5. The summed E-state index contributed by atoms with van der Waals surface area (Å²) in [5.41, 5.74) is -0.896. The Bertz CT molecular complexity index is 796. The fourth-order valence-corrected chi connectivity index (χ4v) is 2.23. The summed E-state index contributed by atoms with van der Waals surface area (Å²) in [5, 5.41) is 18.3. The van der Waals surface area contributed by atoms with E-state index >= 15 is 0 Å². The van der Waals surface area contributed by atoms with E-state index in [0.29, 0.717) is 24.0 Å². The standard InChI is InChI=1S/C18H22O8/c1-2-23-17(21)13-11-12-5-6-14(24-9-3-7-19)16(25-10-4-8-20)15(12)26-18(13)22/h5-6,11,19-20H,2-4,7-10H2,1H3. The van der Waals surface area contributed by atoms with Crippen LogP contribution in [0.15, 0.2) is 27.4 Å². The Labute approximate surface area is 149 Å². The van der Waals surface area contributed by atoms with E-state index in [1.165, 1.54) is 6.07 Å². The second-order valence-electron chi connectivity index (χ2n) is 5.33. The molecule has 8 heteroatoms. The van der Waals surface area contributed by atoms with Gasteiger partial charge in [-0.3, -0.25) is 0 Å². The van der Waals surface area contributed by atoms with Crippen molar-refractivity contribution in [3.8, 4) is 11.5 Å². The van der Waals surface area contributed by atoms with E-state index in [9.17, 15) is 9.59 Å². The van der Waals surface area contributed by atoms with Crippen LogP contribution in [0, 0.1) is 0 Å². The van der Waals surface area contributed by atoms with Gasteiger partial charge in [0, 0.05) is 31.4 Å². The lowest BCUT2D eigenvalue weighted by molar-refractivity contribution is 0.0521. The number of esters is 1. The number of carbonyl (C=O) groups excluding carboxylic acids is 1. The van der Waals surface area contributed by atoms with Crippen molar-refractivity contribution >= 4 is 16.9 Å². The molecule has 0 fully saturated rings. The maximum absolute atomic E-state index is 12.2. The largest absolute Gasteiger partial charge is 0.489 e. The normalized spacial score (nSPS) is 10.7. The second-order valence-corrected chi connectivity index (χ2v) is 5.33. The first-order valence-electron chi connectivity index (χ1n) is 8.37. The van der Waals surface area contributed by atoms with Gasteiger partial charge in [-0.1, -0.05) is 0 Å². The molecule has 0 aliphatic carbocycles. The van der Waals surface area contributed by atoms with E-state index in [-0.39, 0.29) is 49.9 Å². The van der Waals surface area contributed by atoms with E-state index in [4.69, 9.17) is 28.8 Å². The van der Waals surface area contributed by atoms with Gasteiger partial charge in [0.1, 0.15) is 5.56 Å². The van der Waals surface area contributed by atoms with Crippen LogP contribution < -0.4 is 15.1 Å². The lowest BCUT2D eigenvalue weighted by Gasteiger charge is -2.14. The van der Waals surface area contributed by atoms with Gasteiger partial charge < -0.3 is 28.8 Å². The molecule has 2 N–H and O–H groups in total. The number of fused-ring (bicyclic) bond motifs is 1. The van der Waals surface area contributed by atoms with Crippen molar-refractivity contribution in [3.05, 3.63) is 34.2 Å². The molecule has 0 aliphatic rings. The van der Waals surface area contributed by atoms with Gasteiger partial charge in [0.25, 0.3) is 0 Å². The number of rotatable bonds is 10. The van der Waals surface area contributed by atoms with Crippen molar-refractivity contribution in [1.82, 2.24) is 0 Å². The molecule has 0 amide bonds. The summed E-state index contributed by atoms with van der Waals surface area (Å²) in [5.74, 6) is -0.202. The monoisotopic (exact) mass is 366 g/mol. The number of carbonyl (C=O) groups is 1. The maximum atomic E-state index is 12.2. The molecule has 8 nitrogen and oxygen atoms in total. The van der Waals surface area contributed by atoms with Crippen LogP contribution in [0.1, 0.15) is 30.1 Å². The van der Waals surface area contributed by atoms with Crippen LogP contribution in [0.25, 0.3) is 11.0 Å². The molecular formula is C18H22O8. The summed E-state index contributed by atoms with van der Waals surface area (Å²) in [6.45, 7) is 2.15. The van der Waals surface area contributed by atoms with Gasteiger partial charge in [0.05, 0.1) is 19.8 Å². The summed E-state index contributed by atoms with van der Waals surface area (Å²) < 4.78 is 21.3. The Morgan fingerprint density at radius 2 is 1.81 bits per heavy atom. The summed E-state index contributed by atoms with van der Waals surface area (Å²) >= 11 is 0. The van der Waals surface area contributed by atoms with Crippen molar-refractivity contribution in [2.45, 2.75) is 19.8 Å². The van der Waals surface area contributed by atoms with E-state index < -0.39 is 11.6 Å². The van der Waals surface area contributed by atoms with Crippen LogP contribution in [-0.4, -0.2) is 49.2 Å². The van der Waals surface area contributed by atoms with E-state index in [1.54, 1.807) is 19.1 Å². The van der Waals surface area contributed by atoms with Crippen LogP contribution in [0.2, 0.25) is 0 Å². The summed E-state index contributed by atoms with van der Waals surface area (Å²) in [4.78, 5) is 24.0. The SMILES string of the molecule is CCOC(=O)c1cc2ccc(OCCCO)c(OCCCO)c2oc1=O. The average Bonchev–Trinajstić information content (AvgIpc) is 2.63. The molecule has 0 saturated carbocycles. The van der Waals surface area contributed by atoms with Gasteiger partial charge in [-0.25, -0.2) is 9.59 Å². The van der Waals surface area contributed by atoms with Gasteiger partial charge in [-0.2, -0.15) is 0 Å². The molecule has 0 saturated heterocycles. The Balaban J connectivity index is 2.46. The lowest BCUT2D eigenvalue weighted by atomic mass is 10.1. The van der Waals surface area contributed by atoms with Crippen LogP contribution in [-0.2, 0) is 4.74 Å². The van der Waals surface area contributed by atoms with Gasteiger partial charge in [0.15, 0.2) is 11.3 Å². The summed E-state index contributed by atoms with van der Waals surface area (Å²) in [6, 6.07) is 4.65. The van der Waals surface area contributed by atoms with E-state index in [0.717, 1.165) is 0 Å². The highest BCUT2D eigenvalue weighted by atomic mass is 16.5. The smallest absolute Gasteiger partial charge is 0.351 e. The number of benzene rings is 1. The van der Waals surface area contributed by atoms with Crippen molar-refractivity contribution < 1.29 is 33.6 Å². The average molecular weight is 366 g/mol. The molecule has 0 radical (unpaired) electrons. The second kappa shape index (κ2) is 9.79. The molecule has 26 heavy (non-hydrogen) atoms. The highest BCUT2D eigenvalue weighted by Crippen LogP contribution is 2.35. The Morgan fingerprint density at radius 1 is 1.12 bits per heavy atom. The lowest BCUT2D eigenvalue weighted by Crippen LogP contribution is -2.16. The van der Waals surface area contributed by atoms with Crippen LogP contribution in [0.4, 0.5) is 0 Å². The molecule has 142 valence electrons. The number of hydrogen-bond acceptors (Lipinski definition) is 8. The van der Waals surface area contributed by atoms with Gasteiger partial charge in [-0.15, -0.1) is 0 Å². The molecule has 2 rings (SSSR count). The molecule has 0 spiro atoms. The highest BCUT2D eigenvalue weighted by molar-refractivity contribution is 5.94. The Morgan fingerprint density at radius 3 is 2.46 bits per heavy atom. The first kappa shape index (κ1) is 19.7. The molecule has 1 heterocycles. The Kier molecular flexibility index (Phi) is 7.43. The van der Waals surface area contributed by atoms with Gasteiger partial charge in [-0.05, 0) is 25.1 Å². The molecule has 0 unspecified atom stereocenters. The predicted octanol–water partition coefficient (Wildman–Crippen LogP) is 1.49. The third-order valence-electron chi connectivity index (χ3n) is 3.43. The quantitative estimate of drug-likeness (QED) is 0.369. The minimum absolute atomic E-state index is 0.0216. The molecular weight excluding hydrogens is 344 g/mol. The molecule has 0 atom stereocenters. The number of aliphatic hydroxyl groups is 2. The van der Waals surface area contributed by atoms with Crippen LogP contribution in [0.3, 0.4) is 0 Å². The molecule has 0 aliphatic heterocycles. The number of aliphatic hydroxyl groups excluding tert-OH is 2. The fraction of sp³-hybridized carbons (Fsp3) is 0.444. The molecule has 0 bridgehead atoms.